The second kappa shape index (κ2) is 4.86. The van der Waals surface area contributed by atoms with Crippen molar-refractivity contribution in [2.24, 2.45) is 5.92 Å². The molecule has 0 atom stereocenters. The maximum absolute atomic E-state index is 12.5. The van der Waals surface area contributed by atoms with Crippen LogP contribution in [0.25, 0.3) is 10.8 Å². The zero-order valence-electron chi connectivity index (χ0n) is 13.0. The van der Waals surface area contributed by atoms with Gasteiger partial charge in [0.05, 0.1) is 5.56 Å². The average molecular weight is 312 g/mol. The van der Waals surface area contributed by atoms with E-state index in [4.69, 9.17) is 0 Å². The predicted molar refractivity (Wildman–Crippen MR) is 87.7 cm³/mol. The van der Waals surface area contributed by atoms with Gasteiger partial charge in [-0.05, 0) is 60.8 Å². The van der Waals surface area contributed by atoms with Crippen molar-refractivity contribution in [1.29, 1.82) is 0 Å². The van der Waals surface area contributed by atoms with Crippen LogP contribution in [0.4, 0.5) is 0 Å². The van der Waals surface area contributed by atoms with Gasteiger partial charge in [-0.2, -0.15) is 0 Å². The van der Waals surface area contributed by atoms with E-state index in [0.29, 0.717) is 6.54 Å². The molecule has 1 amide bonds. The summed E-state index contributed by atoms with van der Waals surface area (Å²) in [6.07, 6.45) is 2.28. The molecule has 0 unspecified atom stereocenters. The standard InChI is InChI=1S/C18H20N2O3/c1-20-9-11-7-18(20,8-11)10-19-17(23)15-5-13-4-14(21)3-2-12(13)6-16(15)22/h2-6,11,21-22H,7-10H2,1H3,(H,19,23). The molecule has 2 bridgehead atoms. The number of phenols is 2. The van der Waals surface area contributed by atoms with Gasteiger partial charge in [-0.15, -0.1) is 0 Å². The second-order valence-corrected chi connectivity index (χ2v) is 6.96. The Labute approximate surface area is 134 Å². The topological polar surface area (TPSA) is 72.8 Å². The normalized spacial score (nSPS) is 26.2. The summed E-state index contributed by atoms with van der Waals surface area (Å²) in [6.45, 7) is 1.72. The number of nitrogens with zero attached hydrogens (tertiary/aromatic N) is 1. The lowest BCUT2D eigenvalue weighted by Gasteiger charge is -2.41. The summed E-state index contributed by atoms with van der Waals surface area (Å²) in [5, 5.41) is 24.2. The van der Waals surface area contributed by atoms with E-state index in [0.717, 1.165) is 36.1 Å². The summed E-state index contributed by atoms with van der Waals surface area (Å²) < 4.78 is 0. The molecule has 2 heterocycles. The smallest absolute Gasteiger partial charge is 0.255 e. The first-order chi connectivity index (χ1) is 11.0. The average Bonchev–Trinajstić information content (AvgIpc) is 2.96. The Kier molecular flexibility index (Phi) is 3.03. The van der Waals surface area contributed by atoms with Crippen molar-refractivity contribution in [2.45, 2.75) is 18.4 Å². The van der Waals surface area contributed by atoms with E-state index < -0.39 is 0 Å². The van der Waals surface area contributed by atoms with Crippen LogP contribution in [0.15, 0.2) is 30.3 Å². The van der Waals surface area contributed by atoms with Gasteiger partial charge in [0.1, 0.15) is 11.5 Å². The highest BCUT2D eigenvalue weighted by Crippen LogP contribution is 2.49. The number of aromatic hydroxyl groups is 2. The van der Waals surface area contributed by atoms with Crippen LogP contribution in [0.1, 0.15) is 23.2 Å². The Bertz CT molecular complexity index is 796. The predicted octanol–water partition coefficient (Wildman–Crippen LogP) is 2.07. The molecular formula is C18H20N2O3. The molecule has 3 fully saturated rings. The van der Waals surface area contributed by atoms with Crippen LogP contribution in [-0.2, 0) is 0 Å². The Balaban J connectivity index is 1.56. The Morgan fingerprint density at radius 2 is 2.04 bits per heavy atom. The third-order valence-electron chi connectivity index (χ3n) is 5.44. The minimum atomic E-state index is -0.272. The van der Waals surface area contributed by atoms with Gasteiger partial charge < -0.3 is 15.5 Å². The minimum absolute atomic E-state index is 0.0375. The lowest BCUT2D eigenvalue weighted by atomic mass is 9.73. The van der Waals surface area contributed by atoms with Gasteiger partial charge in [-0.3, -0.25) is 9.69 Å². The van der Waals surface area contributed by atoms with E-state index in [-0.39, 0.29) is 28.5 Å². The van der Waals surface area contributed by atoms with E-state index in [1.165, 1.54) is 0 Å². The monoisotopic (exact) mass is 312 g/mol. The van der Waals surface area contributed by atoms with Gasteiger partial charge in [-0.25, -0.2) is 0 Å². The molecule has 120 valence electrons. The third kappa shape index (κ3) is 2.23. The van der Waals surface area contributed by atoms with E-state index in [1.807, 2.05) is 0 Å². The lowest BCUT2D eigenvalue weighted by molar-refractivity contribution is 0.0863. The fourth-order valence-corrected chi connectivity index (χ4v) is 4.11. The molecule has 2 aromatic carbocycles. The minimum Gasteiger partial charge on any atom is -0.508 e. The summed E-state index contributed by atoms with van der Waals surface area (Å²) >= 11 is 0. The van der Waals surface area contributed by atoms with E-state index in [9.17, 15) is 15.0 Å². The molecule has 5 heteroatoms. The Hall–Kier alpha value is -2.27. The fraction of sp³-hybridized carbons (Fsp3) is 0.389. The molecule has 0 spiro atoms. The summed E-state index contributed by atoms with van der Waals surface area (Å²) in [5.74, 6) is 0.603. The first-order valence-electron chi connectivity index (χ1n) is 7.92. The zero-order valence-corrected chi connectivity index (χ0v) is 13.0. The molecule has 2 aromatic rings. The maximum atomic E-state index is 12.5. The molecule has 5 rings (SSSR count). The number of amides is 1. The van der Waals surface area contributed by atoms with Crippen LogP contribution in [0.3, 0.4) is 0 Å². The summed E-state index contributed by atoms with van der Waals surface area (Å²) in [4.78, 5) is 14.8. The van der Waals surface area contributed by atoms with E-state index >= 15 is 0 Å². The molecule has 2 aliphatic heterocycles. The van der Waals surface area contributed by atoms with Gasteiger partial charge in [-0.1, -0.05) is 6.07 Å². The Morgan fingerprint density at radius 3 is 2.74 bits per heavy atom. The number of carbonyl (C=O) groups excluding carboxylic acids is 1. The van der Waals surface area contributed by atoms with Crippen molar-refractivity contribution in [1.82, 2.24) is 10.2 Å². The molecule has 1 saturated carbocycles. The third-order valence-corrected chi connectivity index (χ3v) is 5.44. The highest BCUT2D eigenvalue weighted by Gasteiger charge is 2.54. The molecule has 3 N–H and O–H groups in total. The molecule has 0 radical (unpaired) electrons. The van der Waals surface area contributed by atoms with Crippen LogP contribution in [0.5, 0.6) is 11.5 Å². The summed E-state index contributed by atoms with van der Waals surface area (Å²) in [6, 6.07) is 8.05. The number of rotatable bonds is 3. The highest BCUT2D eigenvalue weighted by molar-refractivity contribution is 6.01. The maximum Gasteiger partial charge on any atom is 0.255 e. The van der Waals surface area contributed by atoms with Gasteiger partial charge >= 0.3 is 0 Å². The summed E-state index contributed by atoms with van der Waals surface area (Å²) in [7, 11) is 2.11. The van der Waals surface area contributed by atoms with E-state index in [2.05, 4.69) is 17.3 Å². The number of fused-ring (bicyclic) bond motifs is 2. The first kappa shape index (κ1) is 14.3. The van der Waals surface area contributed by atoms with Crippen molar-refractivity contribution >= 4 is 16.7 Å². The van der Waals surface area contributed by atoms with Gasteiger partial charge in [0.25, 0.3) is 5.91 Å². The summed E-state index contributed by atoms with van der Waals surface area (Å²) in [5.41, 5.74) is 0.349. The van der Waals surface area contributed by atoms with Crippen molar-refractivity contribution in [3.05, 3.63) is 35.9 Å². The SMILES string of the molecule is CN1CC2CC1(CNC(=O)c1cc3cc(O)ccc3cc1O)C2. The molecule has 1 aliphatic carbocycles. The van der Waals surface area contributed by atoms with Crippen LogP contribution < -0.4 is 5.32 Å². The number of likely N-dealkylation sites (N-methyl/N-ethyl adjacent to an activating group) is 1. The molecule has 23 heavy (non-hydrogen) atoms. The van der Waals surface area contributed by atoms with Crippen LogP contribution in [-0.4, -0.2) is 46.7 Å². The van der Waals surface area contributed by atoms with Crippen LogP contribution in [0.2, 0.25) is 0 Å². The number of nitrogens with one attached hydrogen (secondary N) is 1. The molecular weight excluding hydrogens is 292 g/mol. The first-order valence-corrected chi connectivity index (χ1v) is 7.92. The molecule has 5 nitrogen and oxygen atoms in total. The lowest BCUT2D eigenvalue weighted by Crippen LogP contribution is -2.52. The van der Waals surface area contributed by atoms with Crippen LogP contribution in [0, 0.1) is 5.92 Å². The number of hydrogen-bond donors (Lipinski definition) is 3. The number of benzene rings is 2. The van der Waals surface area contributed by atoms with Crippen molar-refractivity contribution < 1.29 is 15.0 Å². The fourth-order valence-electron chi connectivity index (χ4n) is 4.11. The molecule has 0 aromatic heterocycles. The number of phenolic OH excluding ortho intramolecular Hbond substituents is 2. The second-order valence-electron chi connectivity index (χ2n) is 6.96. The van der Waals surface area contributed by atoms with Gasteiger partial charge in [0.15, 0.2) is 0 Å². The van der Waals surface area contributed by atoms with Crippen molar-refractivity contribution in [3.63, 3.8) is 0 Å². The quantitative estimate of drug-likeness (QED) is 0.811. The van der Waals surface area contributed by atoms with Crippen molar-refractivity contribution in [3.8, 4) is 11.5 Å². The van der Waals surface area contributed by atoms with Gasteiger partial charge in [0, 0.05) is 18.6 Å². The number of hydrogen-bond acceptors (Lipinski definition) is 4. The van der Waals surface area contributed by atoms with Crippen LogP contribution >= 0.6 is 0 Å². The zero-order chi connectivity index (χ0) is 16.2. The van der Waals surface area contributed by atoms with Crippen molar-refractivity contribution in [2.75, 3.05) is 20.1 Å². The van der Waals surface area contributed by atoms with Gasteiger partial charge in [0.2, 0.25) is 0 Å². The van der Waals surface area contributed by atoms with E-state index in [1.54, 1.807) is 30.3 Å². The highest BCUT2D eigenvalue weighted by atomic mass is 16.3. The largest absolute Gasteiger partial charge is 0.508 e. The Morgan fingerprint density at radius 1 is 1.26 bits per heavy atom. The number of carbonyl (C=O) groups is 1. The molecule has 2 saturated heterocycles. The molecule has 3 aliphatic rings.